The lowest BCUT2D eigenvalue weighted by Crippen LogP contribution is -2.34. The van der Waals surface area contributed by atoms with Gasteiger partial charge in [0, 0.05) is 50.5 Å². The molecule has 10 nitrogen and oxygen atoms in total. The van der Waals surface area contributed by atoms with Crippen molar-refractivity contribution < 1.29 is 33.9 Å². The standard InChI is InChI=1S/C39H56N4O6S/c1-28(38(47)40-33-15-9-5-10-16-33)14-8-7-13-25-50-34-26-37(46)42(39(34)48)24-12-6-11-17-35(44)41(4)27-31-19-21-32(22-20-31)30(3)49-43-29(2)18-23-36(43)45/h5,9-10,15-16,28,31-32,34H,2-3,6-8,11-14,17-27H2,1,4H3,(H,40,47)/p+1/t28-,31?,32?,34?/m0/s1. The number of unbranched alkanes of at least 4 members (excludes halogenated alkanes) is 4. The first kappa shape index (κ1) is 39.2. The fraction of sp³-hybridized carbons (Fsp3) is 0.615. The Labute approximate surface area is 302 Å². The second kappa shape index (κ2) is 19.7. The van der Waals surface area contributed by atoms with Crippen molar-refractivity contribution in [2.24, 2.45) is 17.8 Å². The van der Waals surface area contributed by atoms with Crippen LogP contribution >= 0.6 is 11.8 Å². The Morgan fingerprint density at radius 3 is 2.48 bits per heavy atom. The summed E-state index contributed by atoms with van der Waals surface area (Å²) in [6.45, 7) is 11.1. The number of allylic oxidation sites excluding steroid dienone is 2. The summed E-state index contributed by atoms with van der Waals surface area (Å²) in [6, 6.07) is 9.48. The van der Waals surface area contributed by atoms with Crippen LogP contribution in [0.3, 0.4) is 0 Å². The maximum absolute atomic E-state index is 12.9. The van der Waals surface area contributed by atoms with Crippen molar-refractivity contribution in [1.29, 1.82) is 0 Å². The molecule has 3 aliphatic rings. The molecular formula is C39H57N4O6S+. The maximum atomic E-state index is 12.9. The van der Waals surface area contributed by atoms with Crippen LogP contribution in [0, 0.1) is 17.8 Å². The van der Waals surface area contributed by atoms with Gasteiger partial charge in [-0.1, -0.05) is 51.0 Å². The Hall–Kier alpha value is -3.60. The number of rotatable bonds is 20. The minimum Gasteiger partial charge on any atom is -0.460 e. The van der Waals surface area contributed by atoms with E-state index in [4.69, 9.17) is 4.84 Å². The van der Waals surface area contributed by atoms with Crippen LogP contribution in [0.15, 0.2) is 54.9 Å². The number of hydrogen-bond acceptors (Lipinski definition) is 6. The Morgan fingerprint density at radius 1 is 1.06 bits per heavy atom. The lowest BCUT2D eigenvalue weighted by atomic mass is 9.81. The summed E-state index contributed by atoms with van der Waals surface area (Å²) in [5.41, 5.74) is 1.55. The summed E-state index contributed by atoms with van der Waals surface area (Å²) in [6.07, 6.45) is 11.8. The number of hydrogen-bond donors (Lipinski definition) is 2. The molecule has 2 N–H and O–H groups in total. The van der Waals surface area contributed by atoms with Crippen molar-refractivity contribution >= 4 is 47.0 Å². The number of anilines is 1. The van der Waals surface area contributed by atoms with E-state index in [1.54, 1.807) is 11.8 Å². The Bertz CT molecular complexity index is 1390. The number of nitrogens with zero attached hydrogens (tertiary/aromatic N) is 3. The molecule has 2 aliphatic heterocycles. The highest BCUT2D eigenvalue weighted by Crippen LogP contribution is 2.34. The zero-order valence-corrected chi connectivity index (χ0v) is 30.9. The topological polar surface area (TPSA) is 119 Å². The summed E-state index contributed by atoms with van der Waals surface area (Å²) < 4.78 is 1.41. The van der Waals surface area contributed by atoms with E-state index in [0.717, 1.165) is 87.9 Å². The SMILES string of the molecule is C=C(O[N+]1=C(O)CCC1=C)C1CCC(CN(C)C(=O)CCCCCN2C(=O)CC(SCCCCC[C@H](C)C(=O)Nc3ccccc3)C2=O)CC1. The van der Waals surface area contributed by atoms with Gasteiger partial charge in [-0.15, -0.1) is 11.8 Å². The molecule has 274 valence electrons. The highest BCUT2D eigenvalue weighted by Gasteiger charge is 2.38. The summed E-state index contributed by atoms with van der Waals surface area (Å²) >= 11 is 1.57. The first-order valence-corrected chi connectivity index (χ1v) is 19.5. The van der Waals surface area contributed by atoms with Gasteiger partial charge in [0.2, 0.25) is 29.3 Å². The van der Waals surface area contributed by atoms with Gasteiger partial charge in [-0.2, -0.15) is 0 Å². The number of hydroxylamine groups is 1. The number of aliphatic hydroxyl groups excluding tert-OH is 1. The molecule has 1 aliphatic carbocycles. The number of carbonyl (C=O) groups excluding carboxylic acids is 4. The fourth-order valence-electron chi connectivity index (χ4n) is 6.91. The number of aliphatic hydroxyl groups is 1. The molecule has 2 atom stereocenters. The maximum Gasteiger partial charge on any atom is 0.390 e. The van der Waals surface area contributed by atoms with E-state index in [0.29, 0.717) is 43.9 Å². The minimum atomic E-state index is -0.300. The monoisotopic (exact) mass is 709 g/mol. The van der Waals surface area contributed by atoms with Crippen LogP contribution in [0.5, 0.6) is 0 Å². The highest BCUT2D eigenvalue weighted by molar-refractivity contribution is 8.00. The first-order chi connectivity index (χ1) is 24.0. The number of likely N-dealkylation sites (tertiary alicyclic amines) is 1. The predicted octanol–water partition coefficient (Wildman–Crippen LogP) is 7.23. The molecule has 1 unspecified atom stereocenters. The largest absolute Gasteiger partial charge is 0.460 e. The van der Waals surface area contributed by atoms with E-state index >= 15 is 0 Å². The smallest absolute Gasteiger partial charge is 0.390 e. The molecule has 0 aromatic heterocycles. The lowest BCUT2D eigenvalue weighted by Gasteiger charge is -2.31. The van der Waals surface area contributed by atoms with E-state index < -0.39 is 0 Å². The number of nitrogens with one attached hydrogen (secondary N) is 1. The van der Waals surface area contributed by atoms with Crippen molar-refractivity contribution in [2.45, 2.75) is 108 Å². The number of amides is 4. The predicted molar refractivity (Wildman–Crippen MR) is 198 cm³/mol. The lowest BCUT2D eigenvalue weighted by molar-refractivity contribution is -0.741. The van der Waals surface area contributed by atoms with Gasteiger partial charge >= 0.3 is 5.90 Å². The van der Waals surface area contributed by atoms with E-state index in [1.807, 2.05) is 49.2 Å². The zero-order valence-electron chi connectivity index (χ0n) is 30.1. The summed E-state index contributed by atoms with van der Waals surface area (Å²) in [5, 5.41) is 12.7. The molecule has 2 heterocycles. The Morgan fingerprint density at radius 2 is 1.78 bits per heavy atom. The third kappa shape index (κ3) is 11.7. The average molecular weight is 710 g/mol. The Kier molecular flexibility index (Phi) is 15.4. The molecule has 0 spiro atoms. The Balaban J connectivity index is 1.01. The van der Waals surface area contributed by atoms with Crippen molar-refractivity contribution in [1.82, 2.24) is 9.80 Å². The first-order valence-electron chi connectivity index (χ1n) is 18.5. The van der Waals surface area contributed by atoms with E-state index in [9.17, 15) is 24.3 Å². The van der Waals surface area contributed by atoms with Gasteiger partial charge in [-0.05, 0) is 81.7 Å². The van der Waals surface area contributed by atoms with Gasteiger partial charge in [0.05, 0.1) is 22.8 Å². The average Bonchev–Trinajstić information content (AvgIpc) is 3.57. The van der Waals surface area contributed by atoms with Crippen LogP contribution in [0.4, 0.5) is 5.69 Å². The quantitative estimate of drug-likeness (QED) is 0.0635. The van der Waals surface area contributed by atoms with Crippen LogP contribution in [-0.4, -0.2) is 80.3 Å². The normalized spacial score (nSPS) is 21.4. The number of carbonyl (C=O) groups is 4. The zero-order chi connectivity index (χ0) is 36.0. The van der Waals surface area contributed by atoms with Crippen molar-refractivity contribution in [3.63, 3.8) is 0 Å². The van der Waals surface area contributed by atoms with Gasteiger partial charge < -0.3 is 15.3 Å². The molecule has 1 aromatic carbocycles. The molecule has 1 saturated carbocycles. The summed E-state index contributed by atoms with van der Waals surface area (Å²) in [5.74, 6) is 2.26. The second-order valence-corrected chi connectivity index (χ2v) is 15.5. The van der Waals surface area contributed by atoms with Gasteiger partial charge in [0.15, 0.2) is 5.76 Å². The number of para-hydroxylation sites is 1. The molecule has 4 amide bonds. The molecule has 2 fully saturated rings. The van der Waals surface area contributed by atoms with Crippen LogP contribution in [0.25, 0.3) is 0 Å². The number of benzene rings is 1. The van der Waals surface area contributed by atoms with Crippen LogP contribution < -0.4 is 5.32 Å². The number of thioether (sulfide) groups is 1. The van der Waals surface area contributed by atoms with Crippen molar-refractivity contribution in [3.05, 3.63) is 54.9 Å². The van der Waals surface area contributed by atoms with Crippen LogP contribution in [-0.2, 0) is 24.0 Å². The van der Waals surface area contributed by atoms with Crippen molar-refractivity contribution in [2.75, 3.05) is 31.2 Å². The van der Waals surface area contributed by atoms with Gasteiger partial charge in [-0.3, -0.25) is 24.1 Å². The van der Waals surface area contributed by atoms with Gasteiger partial charge in [-0.25, -0.2) is 4.84 Å². The van der Waals surface area contributed by atoms with E-state index in [1.165, 1.54) is 9.64 Å². The molecule has 1 aromatic rings. The van der Waals surface area contributed by atoms with Crippen molar-refractivity contribution in [3.8, 4) is 0 Å². The second-order valence-electron chi connectivity index (χ2n) is 14.2. The van der Waals surface area contributed by atoms with Gasteiger partial charge in [0.25, 0.3) is 0 Å². The van der Waals surface area contributed by atoms with Crippen LogP contribution in [0.1, 0.15) is 103 Å². The molecule has 11 heteroatoms. The number of imide groups is 1. The third-order valence-electron chi connectivity index (χ3n) is 10.2. The van der Waals surface area contributed by atoms with Gasteiger partial charge in [0.1, 0.15) is 0 Å². The summed E-state index contributed by atoms with van der Waals surface area (Å²) in [7, 11) is 1.87. The summed E-state index contributed by atoms with van der Waals surface area (Å²) in [4.78, 5) is 59.8. The molecule has 1 saturated heterocycles. The third-order valence-corrected chi connectivity index (χ3v) is 11.5. The fourth-order valence-corrected chi connectivity index (χ4v) is 8.10. The molecule has 4 rings (SSSR count). The highest BCUT2D eigenvalue weighted by atomic mass is 32.2. The van der Waals surface area contributed by atoms with Crippen LogP contribution in [0.2, 0.25) is 0 Å². The van der Waals surface area contributed by atoms with E-state index in [2.05, 4.69) is 18.5 Å². The molecule has 0 bridgehead atoms. The molecule has 0 radical (unpaired) electrons. The molecular weight excluding hydrogens is 653 g/mol. The van der Waals surface area contributed by atoms with E-state index in [-0.39, 0.29) is 53.0 Å². The molecule has 50 heavy (non-hydrogen) atoms. The minimum absolute atomic E-state index is 0.0336.